The van der Waals surface area contributed by atoms with Crippen LogP contribution in [0.2, 0.25) is 0 Å². The van der Waals surface area contributed by atoms with Crippen LogP contribution in [0.15, 0.2) is 54.6 Å². The van der Waals surface area contributed by atoms with Crippen LogP contribution in [-0.4, -0.2) is 37.8 Å². The number of hydrogen-bond acceptors (Lipinski definition) is 6. The smallest absolute Gasteiger partial charge is 0.412 e. The van der Waals surface area contributed by atoms with E-state index in [4.69, 9.17) is 14.2 Å². The minimum Gasteiger partial charge on any atom is -0.466 e. The molecule has 0 radical (unpaired) electrons. The second-order valence-electron chi connectivity index (χ2n) is 7.83. The summed E-state index contributed by atoms with van der Waals surface area (Å²) < 4.78 is 15.4. The molecule has 2 aromatic carbocycles. The number of fused-ring (bicyclic) bond motifs is 1. The molecule has 0 saturated carbocycles. The molecule has 0 heterocycles. The van der Waals surface area contributed by atoms with Crippen LogP contribution in [-0.2, 0) is 19.1 Å². The van der Waals surface area contributed by atoms with E-state index in [0.29, 0.717) is 30.7 Å². The van der Waals surface area contributed by atoms with Crippen molar-refractivity contribution in [2.24, 2.45) is 0 Å². The van der Waals surface area contributed by atoms with Crippen molar-refractivity contribution in [2.75, 3.05) is 19.8 Å². The molecule has 0 aromatic heterocycles. The standard InChI is InChI=1S/C26H33NO6/c1-20(2)25(29)32-18-10-17-31-24(28)13-6-4-3-5-9-16-27-26(30)33-23-15-14-21-11-7-8-12-22(21)19-23/h7-8,11-12,14-15,19H,1,3-6,9-10,13,16-18H2,2H3,(H,27,30). The average molecular weight is 456 g/mol. The zero-order valence-electron chi connectivity index (χ0n) is 19.3. The van der Waals surface area contributed by atoms with E-state index in [-0.39, 0.29) is 19.2 Å². The summed E-state index contributed by atoms with van der Waals surface area (Å²) in [6.45, 7) is 6.07. The molecule has 1 N–H and O–H groups in total. The summed E-state index contributed by atoms with van der Waals surface area (Å²) in [7, 11) is 0. The number of unbranched alkanes of at least 4 members (excludes halogenated alkanes) is 4. The van der Waals surface area contributed by atoms with Crippen LogP contribution >= 0.6 is 0 Å². The Bertz CT molecular complexity index is 939. The summed E-state index contributed by atoms with van der Waals surface area (Å²) in [5.41, 5.74) is 0.351. The Morgan fingerprint density at radius 2 is 1.55 bits per heavy atom. The van der Waals surface area contributed by atoms with Crippen LogP contribution in [0.5, 0.6) is 5.75 Å². The topological polar surface area (TPSA) is 90.9 Å². The minimum absolute atomic E-state index is 0.211. The number of amides is 1. The fraction of sp³-hybridized carbons (Fsp3) is 0.423. The Labute approximate surface area is 195 Å². The molecule has 1 amide bonds. The molecule has 178 valence electrons. The molecule has 7 heteroatoms. The van der Waals surface area contributed by atoms with Crippen LogP contribution in [0, 0.1) is 0 Å². The molecular weight excluding hydrogens is 422 g/mol. The Hall–Kier alpha value is -3.35. The maximum Gasteiger partial charge on any atom is 0.412 e. The van der Waals surface area contributed by atoms with E-state index in [1.165, 1.54) is 0 Å². The van der Waals surface area contributed by atoms with Gasteiger partial charge < -0.3 is 19.5 Å². The van der Waals surface area contributed by atoms with Gasteiger partial charge >= 0.3 is 18.0 Å². The number of nitrogens with one attached hydrogen (secondary N) is 1. The monoisotopic (exact) mass is 455 g/mol. The van der Waals surface area contributed by atoms with E-state index in [9.17, 15) is 14.4 Å². The molecule has 0 aliphatic heterocycles. The molecule has 0 atom stereocenters. The number of rotatable bonds is 14. The molecule has 0 bridgehead atoms. The highest BCUT2D eigenvalue weighted by atomic mass is 16.6. The van der Waals surface area contributed by atoms with Crippen molar-refractivity contribution >= 4 is 28.8 Å². The molecule has 0 aliphatic rings. The molecule has 0 spiro atoms. The predicted molar refractivity (Wildman–Crippen MR) is 127 cm³/mol. The Balaban J connectivity index is 1.43. The van der Waals surface area contributed by atoms with Gasteiger partial charge in [-0.15, -0.1) is 0 Å². The van der Waals surface area contributed by atoms with Gasteiger partial charge in [0, 0.05) is 25.0 Å². The fourth-order valence-corrected chi connectivity index (χ4v) is 3.09. The van der Waals surface area contributed by atoms with E-state index in [1.807, 2.05) is 36.4 Å². The van der Waals surface area contributed by atoms with Crippen LogP contribution in [0.4, 0.5) is 4.79 Å². The van der Waals surface area contributed by atoms with Crippen molar-refractivity contribution < 1.29 is 28.6 Å². The van der Waals surface area contributed by atoms with Crippen LogP contribution < -0.4 is 10.1 Å². The molecule has 0 aliphatic carbocycles. The fourth-order valence-electron chi connectivity index (χ4n) is 3.09. The normalized spacial score (nSPS) is 10.5. The second-order valence-corrected chi connectivity index (χ2v) is 7.83. The largest absolute Gasteiger partial charge is 0.466 e. The zero-order chi connectivity index (χ0) is 23.9. The van der Waals surface area contributed by atoms with E-state index in [1.54, 1.807) is 13.0 Å². The van der Waals surface area contributed by atoms with Gasteiger partial charge in [0.25, 0.3) is 0 Å². The van der Waals surface area contributed by atoms with Crippen LogP contribution in [0.3, 0.4) is 0 Å². The number of carbonyl (C=O) groups excluding carboxylic acids is 3. The minimum atomic E-state index is -0.456. The molecule has 0 saturated heterocycles. The highest BCUT2D eigenvalue weighted by molar-refractivity contribution is 5.87. The summed E-state index contributed by atoms with van der Waals surface area (Å²) in [6.07, 6.45) is 4.87. The maximum atomic E-state index is 11.9. The molecule has 7 nitrogen and oxygen atoms in total. The van der Waals surface area contributed by atoms with E-state index in [0.717, 1.165) is 42.9 Å². The summed E-state index contributed by atoms with van der Waals surface area (Å²) in [6, 6.07) is 13.5. The lowest BCUT2D eigenvalue weighted by atomic mass is 10.1. The van der Waals surface area contributed by atoms with E-state index >= 15 is 0 Å². The molecular formula is C26H33NO6. The van der Waals surface area contributed by atoms with Crippen molar-refractivity contribution in [1.82, 2.24) is 5.32 Å². The Morgan fingerprint density at radius 3 is 2.33 bits per heavy atom. The van der Waals surface area contributed by atoms with Gasteiger partial charge in [0.1, 0.15) is 5.75 Å². The lowest BCUT2D eigenvalue weighted by Crippen LogP contribution is -2.27. The molecule has 2 aromatic rings. The summed E-state index contributed by atoms with van der Waals surface area (Å²) in [4.78, 5) is 34.8. The molecule has 0 unspecified atom stereocenters. The van der Waals surface area contributed by atoms with Gasteiger partial charge in [0.05, 0.1) is 13.2 Å². The first-order valence-electron chi connectivity index (χ1n) is 11.4. The lowest BCUT2D eigenvalue weighted by Gasteiger charge is -2.08. The lowest BCUT2D eigenvalue weighted by molar-refractivity contribution is -0.144. The highest BCUT2D eigenvalue weighted by Gasteiger charge is 2.06. The van der Waals surface area contributed by atoms with Gasteiger partial charge in [-0.05, 0) is 42.7 Å². The van der Waals surface area contributed by atoms with E-state index in [2.05, 4.69) is 11.9 Å². The van der Waals surface area contributed by atoms with E-state index < -0.39 is 12.1 Å². The highest BCUT2D eigenvalue weighted by Crippen LogP contribution is 2.20. The maximum absolute atomic E-state index is 11.9. The average Bonchev–Trinajstić information content (AvgIpc) is 2.80. The van der Waals surface area contributed by atoms with Crippen LogP contribution in [0.1, 0.15) is 51.9 Å². The SMILES string of the molecule is C=C(C)C(=O)OCCCOC(=O)CCCCCCCNC(=O)Oc1ccc2ccccc2c1. The van der Waals surface area contributed by atoms with Crippen LogP contribution in [0.25, 0.3) is 10.8 Å². The van der Waals surface area contributed by atoms with Crippen molar-refractivity contribution in [3.8, 4) is 5.75 Å². The van der Waals surface area contributed by atoms with Gasteiger partial charge in [-0.3, -0.25) is 4.79 Å². The van der Waals surface area contributed by atoms with Crippen molar-refractivity contribution in [2.45, 2.75) is 51.9 Å². The molecule has 33 heavy (non-hydrogen) atoms. The number of carbonyl (C=O) groups is 3. The van der Waals surface area contributed by atoms with Crippen molar-refractivity contribution in [3.63, 3.8) is 0 Å². The molecule has 2 rings (SSSR count). The zero-order valence-corrected chi connectivity index (χ0v) is 19.3. The third-order valence-corrected chi connectivity index (χ3v) is 4.89. The van der Waals surface area contributed by atoms with Gasteiger partial charge in [0.15, 0.2) is 0 Å². The summed E-state index contributed by atoms with van der Waals surface area (Å²) >= 11 is 0. The number of benzene rings is 2. The third-order valence-electron chi connectivity index (χ3n) is 4.89. The predicted octanol–water partition coefficient (Wildman–Crippen LogP) is 5.32. The van der Waals surface area contributed by atoms with Crippen molar-refractivity contribution in [1.29, 1.82) is 0 Å². The Kier molecular flexibility index (Phi) is 11.5. The number of hydrogen-bond donors (Lipinski definition) is 1. The van der Waals surface area contributed by atoms with Gasteiger partial charge in [0.2, 0.25) is 0 Å². The number of ether oxygens (including phenoxy) is 3. The first-order valence-corrected chi connectivity index (χ1v) is 11.4. The third kappa shape index (κ3) is 10.7. The Morgan fingerprint density at radius 1 is 0.848 bits per heavy atom. The molecule has 0 fully saturated rings. The van der Waals surface area contributed by atoms with Crippen molar-refractivity contribution in [3.05, 3.63) is 54.6 Å². The quantitative estimate of drug-likeness (QED) is 0.235. The van der Waals surface area contributed by atoms with Gasteiger partial charge in [-0.1, -0.05) is 56.2 Å². The summed E-state index contributed by atoms with van der Waals surface area (Å²) in [5.74, 6) is -0.149. The number of esters is 2. The second kappa shape index (κ2) is 14.7. The van der Waals surface area contributed by atoms with Gasteiger partial charge in [-0.25, -0.2) is 9.59 Å². The van der Waals surface area contributed by atoms with Gasteiger partial charge in [-0.2, -0.15) is 0 Å². The first kappa shape index (κ1) is 25.9. The first-order chi connectivity index (χ1) is 16.0. The summed E-state index contributed by atoms with van der Waals surface area (Å²) in [5, 5.41) is 4.88.